The van der Waals surface area contributed by atoms with Crippen molar-refractivity contribution in [2.75, 3.05) is 0 Å². The molecule has 0 aliphatic heterocycles. The van der Waals surface area contributed by atoms with Crippen LogP contribution in [0.5, 0.6) is 0 Å². The minimum absolute atomic E-state index is 0.00635. The third kappa shape index (κ3) is 4.80. The van der Waals surface area contributed by atoms with Gasteiger partial charge in [-0.15, -0.1) is 0 Å². The van der Waals surface area contributed by atoms with Crippen molar-refractivity contribution in [2.24, 2.45) is 51.2 Å². The second-order valence-electron chi connectivity index (χ2n) is 17.9. The zero-order valence-corrected chi connectivity index (χ0v) is 30.1. The number of carboxylic acids is 1. The molecule has 5 nitrogen and oxygen atoms in total. The van der Waals surface area contributed by atoms with E-state index in [1.165, 1.54) is 43.3 Å². The van der Waals surface area contributed by atoms with Gasteiger partial charge in [0.15, 0.2) is 0 Å². The fraction of sp³-hybridized carbons (Fsp3) is 0.605. The molecule has 1 aromatic carbocycles. The molecule has 5 aliphatic rings. The van der Waals surface area contributed by atoms with Crippen molar-refractivity contribution in [3.63, 3.8) is 0 Å². The molecular weight excluding hydrogens is 592 g/mol. The Hall–Kier alpha value is -3.21. The number of carbonyl (C=O) groups excluding carboxylic acids is 1. The summed E-state index contributed by atoms with van der Waals surface area (Å²) in [5.74, 6) is 1.90. The van der Waals surface area contributed by atoms with Crippen LogP contribution in [0, 0.1) is 51.2 Å². The molecule has 0 saturated heterocycles. The molecule has 1 amide bonds. The Kier molecular flexibility index (Phi) is 7.92. The first-order valence-corrected chi connectivity index (χ1v) is 18.6. The van der Waals surface area contributed by atoms with Gasteiger partial charge in [-0.05, 0) is 151 Å². The van der Waals surface area contributed by atoms with Crippen LogP contribution in [-0.4, -0.2) is 27.5 Å². The van der Waals surface area contributed by atoms with Crippen molar-refractivity contribution in [1.29, 1.82) is 0 Å². The summed E-state index contributed by atoms with van der Waals surface area (Å²) in [7, 11) is 0. The lowest BCUT2D eigenvalue weighted by molar-refractivity contribution is -0.219. The van der Waals surface area contributed by atoms with Crippen molar-refractivity contribution >= 4 is 17.4 Å². The second kappa shape index (κ2) is 11.4. The van der Waals surface area contributed by atoms with Gasteiger partial charge >= 0.3 is 5.97 Å². The van der Waals surface area contributed by atoms with Crippen molar-refractivity contribution < 1.29 is 14.7 Å². The van der Waals surface area contributed by atoms with E-state index in [0.29, 0.717) is 41.6 Å². The molecule has 0 bridgehead atoms. The number of pyridine rings is 1. The highest BCUT2D eigenvalue weighted by molar-refractivity contribution is 5.88. The van der Waals surface area contributed by atoms with E-state index in [1.54, 1.807) is 18.3 Å². The topological polar surface area (TPSA) is 79.3 Å². The Labute approximate surface area is 288 Å². The van der Waals surface area contributed by atoms with Crippen LogP contribution in [0.15, 0.2) is 67.0 Å². The predicted octanol–water partition coefficient (Wildman–Crippen LogP) is 9.54. The van der Waals surface area contributed by atoms with E-state index in [0.717, 1.165) is 36.8 Å². The van der Waals surface area contributed by atoms with Gasteiger partial charge in [0.2, 0.25) is 5.91 Å². The molecule has 9 unspecified atom stereocenters. The summed E-state index contributed by atoms with van der Waals surface area (Å²) in [5.41, 5.74) is 5.61. The van der Waals surface area contributed by atoms with E-state index in [1.807, 2.05) is 30.5 Å². The summed E-state index contributed by atoms with van der Waals surface area (Å²) < 4.78 is 0. The molecule has 7 rings (SSSR count). The summed E-state index contributed by atoms with van der Waals surface area (Å²) in [5, 5.41) is 13.2. The second-order valence-corrected chi connectivity index (χ2v) is 17.9. The minimum atomic E-state index is -0.874. The first-order chi connectivity index (χ1) is 22.7. The molecule has 2 aromatic rings. The van der Waals surface area contributed by atoms with Gasteiger partial charge in [-0.2, -0.15) is 0 Å². The highest BCUT2D eigenvalue weighted by Crippen LogP contribution is 2.76. The van der Waals surface area contributed by atoms with Crippen LogP contribution in [0.4, 0.5) is 0 Å². The lowest BCUT2D eigenvalue weighted by Gasteiger charge is -2.72. The Balaban J connectivity index is 1.20. The molecular formula is C43H56N2O3. The van der Waals surface area contributed by atoms with Crippen LogP contribution < -0.4 is 5.32 Å². The number of nitrogens with one attached hydrogen (secondary N) is 1. The standard InChI is InChI=1S/C43H56N2O3/c1-27(2)31-16-21-43(45-36(46)25-28-9-8-24-44-26-28)23-22-41(6)33(37(31)43)14-15-35-40(5)19-17-32(29-10-12-30(13-11-29)38(47)48)39(3,4)34(40)18-20-42(35,41)7/h8-13,17,24,26,31,33-35,37H,1,14-16,18-23,25H2,2-7H3,(H,45,46)(H,47,48). The predicted molar refractivity (Wildman–Crippen MR) is 192 cm³/mol. The van der Waals surface area contributed by atoms with Gasteiger partial charge in [0, 0.05) is 17.9 Å². The van der Waals surface area contributed by atoms with Crippen LogP contribution in [0.25, 0.3) is 5.57 Å². The smallest absolute Gasteiger partial charge is 0.335 e. The zero-order chi connectivity index (χ0) is 34.3. The molecule has 9 atom stereocenters. The number of aromatic nitrogens is 1. The largest absolute Gasteiger partial charge is 0.478 e. The van der Waals surface area contributed by atoms with Crippen molar-refractivity contribution in [3.8, 4) is 0 Å². The lowest BCUT2D eigenvalue weighted by Crippen LogP contribution is -2.68. The normalized spacial score (nSPS) is 39.5. The van der Waals surface area contributed by atoms with Crippen molar-refractivity contribution in [3.05, 3.63) is 83.7 Å². The van der Waals surface area contributed by atoms with Gasteiger partial charge in [-0.1, -0.05) is 71.0 Å². The van der Waals surface area contributed by atoms with E-state index >= 15 is 0 Å². The number of rotatable bonds is 6. The van der Waals surface area contributed by atoms with Crippen molar-refractivity contribution in [1.82, 2.24) is 10.3 Å². The number of fused-ring (bicyclic) bond motifs is 7. The number of carbonyl (C=O) groups is 2. The highest BCUT2D eigenvalue weighted by atomic mass is 16.4. The summed E-state index contributed by atoms with van der Waals surface area (Å²) in [4.78, 5) is 29.5. The number of hydrogen-bond donors (Lipinski definition) is 2. The van der Waals surface area contributed by atoms with Crippen LogP contribution >= 0.6 is 0 Å². The number of benzene rings is 1. The molecule has 1 aromatic heterocycles. The van der Waals surface area contributed by atoms with E-state index in [4.69, 9.17) is 0 Å². The highest BCUT2D eigenvalue weighted by Gasteiger charge is 2.70. The van der Waals surface area contributed by atoms with Crippen LogP contribution in [0.1, 0.15) is 121 Å². The number of nitrogens with zero attached hydrogens (tertiary/aromatic N) is 1. The molecule has 2 N–H and O–H groups in total. The van der Waals surface area contributed by atoms with E-state index in [2.05, 4.69) is 64.5 Å². The molecule has 0 spiro atoms. The molecule has 5 aliphatic carbocycles. The van der Waals surface area contributed by atoms with Crippen molar-refractivity contribution in [2.45, 2.75) is 111 Å². The van der Waals surface area contributed by atoms with Gasteiger partial charge in [0.1, 0.15) is 0 Å². The number of allylic oxidation sites excluding steroid dienone is 3. The third-order valence-electron chi connectivity index (χ3n) is 15.6. The number of amides is 1. The maximum Gasteiger partial charge on any atom is 0.335 e. The summed E-state index contributed by atoms with van der Waals surface area (Å²) in [6, 6.07) is 11.5. The van der Waals surface area contributed by atoms with Gasteiger partial charge in [-0.3, -0.25) is 9.78 Å². The Morgan fingerprint density at radius 1 is 0.917 bits per heavy atom. The van der Waals surface area contributed by atoms with Gasteiger partial charge in [-0.25, -0.2) is 4.79 Å². The van der Waals surface area contributed by atoms with Gasteiger partial charge in [0.25, 0.3) is 0 Å². The van der Waals surface area contributed by atoms with E-state index < -0.39 is 5.97 Å². The summed E-state index contributed by atoms with van der Waals surface area (Å²) in [6.07, 6.45) is 16.9. The van der Waals surface area contributed by atoms with Gasteiger partial charge in [0.05, 0.1) is 12.0 Å². The first-order valence-electron chi connectivity index (χ1n) is 18.6. The zero-order valence-electron chi connectivity index (χ0n) is 30.1. The molecule has 256 valence electrons. The van der Waals surface area contributed by atoms with E-state index in [-0.39, 0.29) is 33.1 Å². The summed E-state index contributed by atoms with van der Waals surface area (Å²) >= 11 is 0. The monoisotopic (exact) mass is 648 g/mol. The molecule has 4 saturated carbocycles. The molecule has 0 radical (unpaired) electrons. The number of hydrogen-bond acceptors (Lipinski definition) is 3. The van der Waals surface area contributed by atoms with Crippen LogP contribution in [-0.2, 0) is 11.2 Å². The SMILES string of the molecule is C=C(C)C1CCC2(NC(=O)Cc3cccnc3)CCC3(C)C(CCC4C5(C)CC=C(c6ccc(C(=O)O)cc6)C(C)(C)C5CCC43C)C12. The lowest BCUT2D eigenvalue weighted by atomic mass is 9.33. The molecule has 48 heavy (non-hydrogen) atoms. The van der Waals surface area contributed by atoms with Crippen LogP contribution in [0.3, 0.4) is 0 Å². The molecule has 4 fully saturated rings. The van der Waals surface area contributed by atoms with E-state index in [9.17, 15) is 14.7 Å². The molecule has 1 heterocycles. The average molecular weight is 649 g/mol. The molecule has 5 heteroatoms. The quantitative estimate of drug-likeness (QED) is 0.306. The fourth-order valence-corrected chi connectivity index (χ4v) is 13.3. The third-order valence-corrected chi connectivity index (χ3v) is 15.6. The maximum absolute atomic E-state index is 13.7. The number of aromatic carboxylic acids is 1. The number of carboxylic acid groups (broad SMARTS) is 1. The summed E-state index contributed by atoms with van der Waals surface area (Å²) in [6.45, 7) is 19.6. The van der Waals surface area contributed by atoms with Gasteiger partial charge < -0.3 is 10.4 Å². The Morgan fingerprint density at radius 3 is 2.33 bits per heavy atom. The average Bonchev–Trinajstić information content (AvgIpc) is 3.41. The van der Waals surface area contributed by atoms with Crippen LogP contribution in [0.2, 0.25) is 0 Å². The maximum atomic E-state index is 13.7. The Morgan fingerprint density at radius 2 is 1.67 bits per heavy atom. The fourth-order valence-electron chi connectivity index (χ4n) is 13.3. The first kappa shape index (κ1) is 33.3. The minimum Gasteiger partial charge on any atom is -0.478 e. The Bertz CT molecular complexity index is 1640.